The second-order valence-electron chi connectivity index (χ2n) is 6.60. The minimum atomic E-state index is 0.756. The summed E-state index contributed by atoms with van der Waals surface area (Å²) in [6, 6.07) is 16.9. The molecule has 2 N–H and O–H groups in total. The molecule has 2 rings (SSSR count). The number of guanidine groups is 1. The molecule has 0 spiro atoms. The van der Waals surface area contributed by atoms with Gasteiger partial charge in [0.05, 0.1) is 7.11 Å². The lowest BCUT2D eigenvalue weighted by Gasteiger charge is -2.15. The smallest absolute Gasteiger partial charge is 0.191 e. The van der Waals surface area contributed by atoms with Crippen molar-refractivity contribution in [1.29, 1.82) is 0 Å². The summed E-state index contributed by atoms with van der Waals surface area (Å²) in [7, 11) is 5.62. The Morgan fingerprint density at radius 2 is 1.78 bits per heavy atom. The summed E-state index contributed by atoms with van der Waals surface area (Å²) in [5, 5.41) is 6.76. The van der Waals surface area contributed by atoms with E-state index in [4.69, 9.17) is 4.74 Å². The summed E-state index contributed by atoms with van der Waals surface area (Å²) >= 11 is 0. The maximum absolute atomic E-state index is 5.19. The molecule has 0 amide bonds. The van der Waals surface area contributed by atoms with Crippen LogP contribution >= 0.6 is 0 Å². The fourth-order valence-electron chi connectivity index (χ4n) is 2.79. The van der Waals surface area contributed by atoms with Gasteiger partial charge in [0.2, 0.25) is 0 Å². The van der Waals surface area contributed by atoms with Crippen LogP contribution in [0.4, 0.5) is 0 Å². The van der Waals surface area contributed by atoms with E-state index < -0.39 is 0 Å². The summed E-state index contributed by atoms with van der Waals surface area (Å²) < 4.78 is 5.19. The van der Waals surface area contributed by atoms with Crippen LogP contribution in [0.25, 0.3) is 0 Å². The second-order valence-corrected chi connectivity index (χ2v) is 6.60. The van der Waals surface area contributed by atoms with Crippen molar-refractivity contribution >= 4 is 5.96 Å². The fraction of sp³-hybridized carbons (Fsp3) is 0.409. The third kappa shape index (κ3) is 7.31. The first-order valence-electron chi connectivity index (χ1n) is 9.48. The van der Waals surface area contributed by atoms with E-state index in [1.54, 1.807) is 14.2 Å². The molecule has 0 aromatic heterocycles. The molecule has 0 atom stereocenters. The van der Waals surface area contributed by atoms with E-state index in [0.717, 1.165) is 44.3 Å². The zero-order valence-corrected chi connectivity index (χ0v) is 17.0. The standard InChI is InChI=1S/C22H32N4O/c1-5-26(3)17-20-8-6-7-19(15-20)16-25-22(23-2)24-14-13-18-9-11-21(27-4)12-10-18/h6-12,15H,5,13-14,16-17H2,1-4H3,(H2,23,24,25). The Kier molecular flexibility index (Phi) is 8.65. The van der Waals surface area contributed by atoms with Crippen LogP contribution in [-0.2, 0) is 19.5 Å². The molecule has 0 fully saturated rings. The average Bonchev–Trinajstić information content (AvgIpc) is 2.71. The maximum atomic E-state index is 5.19. The van der Waals surface area contributed by atoms with Crippen molar-refractivity contribution in [2.45, 2.75) is 26.4 Å². The summed E-state index contributed by atoms with van der Waals surface area (Å²) in [4.78, 5) is 6.61. The summed E-state index contributed by atoms with van der Waals surface area (Å²) in [6.45, 7) is 5.78. The Balaban J connectivity index is 1.78. The van der Waals surface area contributed by atoms with Gasteiger partial charge in [-0.2, -0.15) is 0 Å². The molecule has 0 aliphatic heterocycles. The summed E-state index contributed by atoms with van der Waals surface area (Å²) in [6.07, 6.45) is 0.934. The Hall–Kier alpha value is -2.53. The Labute approximate surface area is 163 Å². The molecular formula is C22H32N4O. The quantitative estimate of drug-likeness (QED) is 0.528. The van der Waals surface area contributed by atoms with E-state index in [0.29, 0.717) is 0 Å². The lowest BCUT2D eigenvalue weighted by molar-refractivity contribution is 0.345. The van der Waals surface area contributed by atoms with Crippen molar-refractivity contribution in [2.24, 2.45) is 4.99 Å². The molecule has 0 heterocycles. The lowest BCUT2D eigenvalue weighted by Crippen LogP contribution is -2.37. The molecule has 5 heteroatoms. The van der Waals surface area contributed by atoms with Gasteiger partial charge in [0.25, 0.3) is 0 Å². The van der Waals surface area contributed by atoms with Crippen LogP contribution < -0.4 is 15.4 Å². The summed E-state index contributed by atoms with van der Waals surface area (Å²) in [5.74, 6) is 1.70. The lowest BCUT2D eigenvalue weighted by atomic mass is 10.1. The minimum absolute atomic E-state index is 0.756. The van der Waals surface area contributed by atoms with E-state index in [9.17, 15) is 0 Å². The molecule has 0 saturated carbocycles. The van der Waals surface area contributed by atoms with Gasteiger partial charge in [0.15, 0.2) is 5.96 Å². The molecule has 0 saturated heterocycles. The number of hydrogen-bond donors (Lipinski definition) is 2. The van der Waals surface area contributed by atoms with Crippen molar-refractivity contribution in [3.05, 3.63) is 65.2 Å². The van der Waals surface area contributed by atoms with Gasteiger partial charge in [-0.3, -0.25) is 4.99 Å². The normalized spacial score (nSPS) is 11.5. The summed E-state index contributed by atoms with van der Waals surface area (Å²) in [5.41, 5.74) is 3.86. The number of rotatable bonds is 9. The molecule has 27 heavy (non-hydrogen) atoms. The van der Waals surface area contributed by atoms with Crippen molar-refractivity contribution in [3.63, 3.8) is 0 Å². The molecule has 146 valence electrons. The van der Waals surface area contributed by atoms with Crippen molar-refractivity contribution in [2.75, 3.05) is 34.3 Å². The van der Waals surface area contributed by atoms with Crippen LogP contribution in [0.2, 0.25) is 0 Å². The predicted molar refractivity (Wildman–Crippen MR) is 113 cm³/mol. The molecule has 5 nitrogen and oxygen atoms in total. The van der Waals surface area contributed by atoms with Crippen molar-refractivity contribution in [3.8, 4) is 5.75 Å². The van der Waals surface area contributed by atoms with Gasteiger partial charge in [-0.05, 0) is 48.8 Å². The van der Waals surface area contributed by atoms with Crippen LogP contribution in [0.5, 0.6) is 5.75 Å². The van der Waals surface area contributed by atoms with E-state index in [-0.39, 0.29) is 0 Å². The highest BCUT2D eigenvalue weighted by Gasteiger charge is 2.02. The number of nitrogens with one attached hydrogen (secondary N) is 2. The zero-order chi connectivity index (χ0) is 19.5. The number of nitrogens with zero attached hydrogens (tertiary/aromatic N) is 2. The van der Waals surface area contributed by atoms with Crippen molar-refractivity contribution in [1.82, 2.24) is 15.5 Å². The highest BCUT2D eigenvalue weighted by atomic mass is 16.5. The fourth-order valence-corrected chi connectivity index (χ4v) is 2.79. The third-order valence-corrected chi connectivity index (χ3v) is 4.53. The Morgan fingerprint density at radius 1 is 1.04 bits per heavy atom. The number of hydrogen-bond acceptors (Lipinski definition) is 3. The third-order valence-electron chi connectivity index (χ3n) is 4.53. The molecule has 2 aromatic carbocycles. The SMILES string of the molecule is CCN(C)Cc1cccc(CNC(=NC)NCCc2ccc(OC)cc2)c1. The van der Waals surface area contributed by atoms with Crippen LogP contribution in [-0.4, -0.2) is 45.2 Å². The molecule has 0 aliphatic rings. The molecule has 0 aliphatic carbocycles. The van der Waals surface area contributed by atoms with E-state index in [1.807, 2.05) is 12.1 Å². The van der Waals surface area contributed by atoms with E-state index >= 15 is 0 Å². The molecular weight excluding hydrogens is 336 g/mol. The second kappa shape index (κ2) is 11.2. The number of benzene rings is 2. The zero-order valence-electron chi connectivity index (χ0n) is 17.0. The first kappa shape index (κ1) is 20.8. The van der Waals surface area contributed by atoms with Gasteiger partial charge in [0.1, 0.15) is 5.75 Å². The topological polar surface area (TPSA) is 48.9 Å². The van der Waals surface area contributed by atoms with E-state index in [2.05, 4.69) is 70.9 Å². The van der Waals surface area contributed by atoms with Gasteiger partial charge in [-0.25, -0.2) is 0 Å². The maximum Gasteiger partial charge on any atom is 0.191 e. The number of methoxy groups -OCH3 is 1. The minimum Gasteiger partial charge on any atom is -0.497 e. The van der Waals surface area contributed by atoms with Crippen LogP contribution in [0.1, 0.15) is 23.6 Å². The first-order chi connectivity index (χ1) is 13.1. The first-order valence-corrected chi connectivity index (χ1v) is 9.48. The molecule has 0 unspecified atom stereocenters. The Morgan fingerprint density at radius 3 is 2.44 bits per heavy atom. The van der Waals surface area contributed by atoms with Gasteiger partial charge in [-0.15, -0.1) is 0 Å². The van der Waals surface area contributed by atoms with Gasteiger partial charge < -0.3 is 20.3 Å². The highest BCUT2D eigenvalue weighted by Crippen LogP contribution is 2.11. The molecule has 0 radical (unpaired) electrons. The predicted octanol–water partition coefficient (Wildman–Crippen LogP) is 3.05. The van der Waals surface area contributed by atoms with Gasteiger partial charge in [0, 0.05) is 26.7 Å². The van der Waals surface area contributed by atoms with Gasteiger partial charge >= 0.3 is 0 Å². The largest absolute Gasteiger partial charge is 0.497 e. The van der Waals surface area contributed by atoms with Crippen LogP contribution in [0.15, 0.2) is 53.5 Å². The van der Waals surface area contributed by atoms with Gasteiger partial charge in [-0.1, -0.05) is 43.3 Å². The number of aliphatic imine (C=N–C) groups is 1. The van der Waals surface area contributed by atoms with Crippen molar-refractivity contribution < 1.29 is 4.74 Å². The Bertz CT molecular complexity index is 713. The van der Waals surface area contributed by atoms with Crippen LogP contribution in [0, 0.1) is 0 Å². The average molecular weight is 369 g/mol. The molecule has 2 aromatic rings. The molecule has 0 bridgehead atoms. The van der Waals surface area contributed by atoms with E-state index in [1.165, 1.54) is 16.7 Å². The van der Waals surface area contributed by atoms with Crippen LogP contribution in [0.3, 0.4) is 0 Å². The number of ether oxygens (including phenoxy) is 1. The monoisotopic (exact) mass is 368 g/mol. The highest BCUT2D eigenvalue weighted by molar-refractivity contribution is 5.79.